The highest BCUT2D eigenvalue weighted by molar-refractivity contribution is 6.30. The van der Waals surface area contributed by atoms with Gasteiger partial charge in [0.05, 0.1) is 29.9 Å². The van der Waals surface area contributed by atoms with E-state index >= 15 is 0 Å². The molecule has 2 aromatic rings. The van der Waals surface area contributed by atoms with Crippen molar-refractivity contribution in [2.75, 3.05) is 0 Å². The van der Waals surface area contributed by atoms with E-state index in [0.29, 0.717) is 12.0 Å². The van der Waals surface area contributed by atoms with Gasteiger partial charge in [0.2, 0.25) is 5.78 Å². The highest BCUT2D eigenvalue weighted by Gasteiger charge is 2.35. The number of phenolic OH excluding ortho intramolecular Hbond substituents is 2. The van der Waals surface area contributed by atoms with Gasteiger partial charge in [-0.15, -0.1) is 0 Å². The number of aromatic hydroxyl groups is 2. The van der Waals surface area contributed by atoms with Crippen molar-refractivity contribution >= 4 is 11.6 Å². The Bertz CT molecular complexity index is 991. The molecule has 0 radical (unpaired) electrons. The molecule has 1 aliphatic heterocycles. The first-order chi connectivity index (χ1) is 13.8. The summed E-state index contributed by atoms with van der Waals surface area (Å²) in [7, 11) is 0. The van der Waals surface area contributed by atoms with Crippen LogP contribution in [0.5, 0.6) is 11.5 Å². The largest absolute Gasteiger partial charge is 0.507 e. The summed E-state index contributed by atoms with van der Waals surface area (Å²) in [4.78, 5) is 25.6. The molecule has 152 valence electrons. The summed E-state index contributed by atoms with van der Waals surface area (Å²) < 4.78 is 11.3. The third-order valence-corrected chi connectivity index (χ3v) is 5.35. The molecule has 4 atom stereocenters. The molecule has 2 aliphatic rings. The van der Waals surface area contributed by atoms with Crippen LogP contribution in [0.1, 0.15) is 50.8 Å². The number of benzene rings is 2. The molecule has 0 spiro atoms. The van der Waals surface area contributed by atoms with Gasteiger partial charge >= 0.3 is 0 Å². The van der Waals surface area contributed by atoms with E-state index in [9.17, 15) is 24.9 Å². The Morgan fingerprint density at radius 2 is 1.83 bits per heavy atom. The van der Waals surface area contributed by atoms with Crippen LogP contribution in [0.2, 0.25) is 0 Å². The molecular weight excluding hydrogens is 378 g/mol. The highest BCUT2D eigenvalue weighted by Crippen LogP contribution is 2.37. The molecule has 1 heterocycles. The summed E-state index contributed by atoms with van der Waals surface area (Å²) in [6.45, 7) is 1.71. The second-order valence-electron chi connectivity index (χ2n) is 7.37. The van der Waals surface area contributed by atoms with Crippen LogP contribution >= 0.6 is 0 Å². The number of aliphatic hydroxyl groups is 1. The Morgan fingerprint density at radius 1 is 1.10 bits per heavy atom. The number of hydrogen-bond acceptors (Lipinski definition) is 8. The molecular formula is C21H21NO7. The topological polar surface area (TPSA) is 139 Å². The number of carbonyl (C=O) groups excluding carboxylic acids is 2. The lowest BCUT2D eigenvalue weighted by atomic mass is 9.82. The third-order valence-electron chi connectivity index (χ3n) is 5.35. The summed E-state index contributed by atoms with van der Waals surface area (Å²) in [5.41, 5.74) is 6.25. The summed E-state index contributed by atoms with van der Waals surface area (Å²) in [5, 5.41) is 30.2. The maximum atomic E-state index is 12.9. The first-order valence-corrected chi connectivity index (χ1v) is 9.26. The molecule has 4 rings (SSSR count). The van der Waals surface area contributed by atoms with Gasteiger partial charge in [0.1, 0.15) is 11.5 Å². The second-order valence-corrected chi connectivity index (χ2v) is 7.37. The van der Waals surface area contributed by atoms with Crippen molar-refractivity contribution in [3.8, 4) is 11.5 Å². The number of phenols is 2. The number of ketones is 2. The molecule has 29 heavy (non-hydrogen) atoms. The summed E-state index contributed by atoms with van der Waals surface area (Å²) in [6, 6.07) is 6.61. The van der Waals surface area contributed by atoms with Crippen molar-refractivity contribution in [2.45, 2.75) is 44.5 Å². The van der Waals surface area contributed by atoms with E-state index in [2.05, 4.69) is 0 Å². The molecule has 8 heteroatoms. The van der Waals surface area contributed by atoms with E-state index in [1.165, 1.54) is 30.3 Å². The van der Waals surface area contributed by atoms with Gasteiger partial charge in [0, 0.05) is 23.6 Å². The number of nitrogens with two attached hydrogens (primary N) is 1. The zero-order valence-corrected chi connectivity index (χ0v) is 15.7. The van der Waals surface area contributed by atoms with Crippen molar-refractivity contribution in [1.82, 2.24) is 0 Å². The standard InChI is InChI=1S/C21H21NO7/c1-9-19(25)13(22)7-16(29-9)28-8-10-5-12-18(15(24)6-10)21(27)17-11(20(12)26)3-2-4-14(17)23/h2-6,9,13,16,19,23-25H,7-8,22H2,1H3/t9?,13-,16+,19-/m0/s1. The van der Waals surface area contributed by atoms with Crippen LogP contribution in [0.15, 0.2) is 30.3 Å². The van der Waals surface area contributed by atoms with E-state index in [0.717, 1.165) is 0 Å². The van der Waals surface area contributed by atoms with Gasteiger partial charge in [-0.2, -0.15) is 0 Å². The second kappa shape index (κ2) is 7.23. The third kappa shape index (κ3) is 3.30. The fraction of sp³-hybridized carbons (Fsp3) is 0.333. The monoisotopic (exact) mass is 399 g/mol. The maximum absolute atomic E-state index is 12.9. The molecule has 1 aliphatic carbocycles. The Hall–Kier alpha value is -2.78. The van der Waals surface area contributed by atoms with Crippen molar-refractivity contribution in [1.29, 1.82) is 0 Å². The Balaban J connectivity index is 1.60. The average molecular weight is 399 g/mol. The van der Waals surface area contributed by atoms with Gasteiger partial charge < -0.3 is 30.5 Å². The van der Waals surface area contributed by atoms with E-state index in [1.807, 2.05) is 0 Å². The maximum Gasteiger partial charge on any atom is 0.201 e. The summed E-state index contributed by atoms with van der Waals surface area (Å²) in [5.74, 6) is -1.74. The molecule has 5 N–H and O–H groups in total. The molecule has 1 fully saturated rings. The number of rotatable bonds is 3. The van der Waals surface area contributed by atoms with Crippen molar-refractivity contribution in [2.24, 2.45) is 5.73 Å². The first kappa shape index (κ1) is 19.5. The van der Waals surface area contributed by atoms with Crippen LogP contribution < -0.4 is 5.73 Å². The smallest absolute Gasteiger partial charge is 0.201 e. The molecule has 0 aromatic heterocycles. The predicted molar refractivity (Wildman–Crippen MR) is 101 cm³/mol. The first-order valence-electron chi connectivity index (χ1n) is 9.26. The normalized spacial score (nSPS) is 26.2. The lowest BCUT2D eigenvalue weighted by Crippen LogP contribution is -2.51. The average Bonchev–Trinajstić information content (AvgIpc) is 2.68. The molecule has 2 aromatic carbocycles. The van der Waals surface area contributed by atoms with E-state index in [4.69, 9.17) is 15.2 Å². The molecule has 0 bridgehead atoms. The number of carbonyl (C=O) groups is 2. The van der Waals surface area contributed by atoms with Crippen LogP contribution in [-0.2, 0) is 16.1 Å². The highest BCUT2D eigenvalue weighted by atomic mass is 16.7. The molecule has 0 amide bonds. The van der Waals surface area contributed by atoms with Crippen LogP contribution in [0.4, 0.5) is 0 Å². The van der Waals surface area contributed by atoms with Crippen LogP contribution in [0.25, 0.3) is 0 Å². The molecule has 1 unspecified atom stereocenters. The minimum absolute atomic E-state index is 0.00933. The number of hydrogen-bond donors (Lipinski definition) is 4. The zero-order chi connectivity index (χ0) is 20.9. The van der Waals surface area contributed by atoms with Gasteiger partial charge in [0.15, 0.2) is 12.1 Å². The Kier molecular flexibility index (Phi) is 4.87. The lowest BCUT2D eigenvalue weighted by molar-refractivity contribution is -0.226. The van der Waals surface area contributed by atoms with Crippen molar-refractivity contribution in [3.05, 3.63) is 58.1 Å². The molecule has 0 saturated carbocycles. The zero-order valence-electron chi connectivity index (χ0n) is 15.7. The van der Waals surface area contributed by atoms with E-state index < -0.39 is 36.1 Å². The SMILES string of the molecule is CC1O[C@@H](OCc2cc(O)c3c(c2)C(=O)c2cccc(O)c2C3=O)C[C@H](N)[C@H]1O. The van der Waals surface area contributed by atoms with Gasteiger partial charge in [0.25, 0.3) is 0 Å². The van der Waals surface area contributed by atoms with Crippen molar-refractivity contribution < 1.29 is 34.4 Å². The van der Waals surface area contributed by atoms with Gasteiger partial charge in [-0.05, 0) is 30.7 Å². The number of fused-ring (bicyclic) bond motifs is 2. The molecule has 1 saturated heterocycles. The van der Waals surface area contributed by atoms with Crippen molar-refractivity contribution in [3.63, 3.8) is 0 Å². The van der Waals surface area contributed by atoms with Crippen LogP contribution in [0.3, 0.4) is 0 Å². The summed E-state index contributed by atoms with van der Waals surface area (Å²) in [6.07, 6.45) is -1.60. The molecule has 8 nitrogen and oxygen atoms in total. The van der Waals surface area contributed by atoms with E-state index in [1.54, 1.807) is 6.92 Å². The Labute approximate surface area is 166 Å². The number of aliphatic hydroxyl groups excluding tert-OH is 1. The quantitative estimate of drug-likeness (QED) is 0.515. The van der Waals surface area contributed by atoms with Gasteiger partial charge in [-0.3, -0.25) is 9.59 Å². The predicted octanol–water partition coefficient (Wildman–Crippen LogP) is 1.21. The minimum atomic E-state index is -0.775. The number of ether oxygens (including phenoxy) is 2. The van der Waals surface area contributed by atoms with Gasteiger partial charge in [-0.25, -0.2) is 0 Å². The van der Waals surface area contributed by atoms with Crippen LogP contribution in [0, 0.1) is 0 Å². The Morgan fingerprint density at radius 3 is 2.55 bits per heavy atom. The fourth-order valence-corrected chi connectivity index (χ4v) is 3.81. The fourth-order valence-electron chi connectivity index (χ4n) is 3.81. The minimum Gasteiger partial charge on any atom is -0.507 e. The summed E-state index contributed by atoms with van der Waals surface area (Å²) >= 11 is 0. The lowest BCUT2D eigenvalue weighted by Gasteiger charge is -2.35. The van der Waals surface area contributed by atoms with Gasteiger partial charge in [-0.1, -0.05) is 12.1 Å². The van der Waals surface area contributed by atoms with E-state index in [-0.39, 0.29) is 40.4 Å². The van der Waals surface area contributed by atoms with Crippen LogP contribution in [-0.4, -0.2) is 51.4 Å².